The molecule has 0 fully saturated rings. The second-order valence-corrected chi connectivity index (χ2v) is 2.42. The van der Waals surface area contributed by atoms with E-state index in [1.165, 1.54) is 0 Å². The molecule has 0 amide bonds. The van der Waals surface area contributed by atoms with E-state index in [1.54, 1.807) is 19.2 Å². The van der Waals surface area contributed by atoms with E-state index >= 15 is 0 Å². The molecule has 1 N–H and O–H groups in total. The number of ether oxygens (including phenoxy) is 1. The number of rotatable bonds is 3. The third-order valence-electron chi connectivity index (χ3n) is 1.50. The van der Waals surface area contributed by atoms with Gasteiger partial charge in [0.05, 0.1) is 6.61 Å². The number of phenolic OH excluding ortho intramolecular Hbond substituents is 1. The summed E-state index contributed by atoms with van der Waals surface area (Å²) in [5, 5.41) is 9.32. The zero-order valence-electron chi connectivity index (χ0n) is 7.03. The number of aromatic hydroxyl groups is 1. The van der Waals surface area contributed by atoms with E-state index in [1.807, 2.05) is 24.3 Å². The van der Waals surface area contributed by atoms with Crippen molar-refractivity contribution in [3.63, 3.8) is 0 Å². The Morgan fingerprint density at radius 2 is 2.17 bits per heavy atom. The molecule has 2 nitrogen and oxygen atoms in total. The Morgan fingerprint density at radius 3 is 2.83 bits per heavy atom. The van der Waals surface area contributed by atoms with Crippen LogP contribution >= 0.6 is 0 Å². The number of methoxy groups -OCH3 is 1. The van der Waals surface area contributed by atoms with E-state index in [0.29, 0.717) is 12.4 Å². The van der Waals surface area contributed by atoms with Gasteiger partial charge in [-0.15, -0.1) is 0 Å². The van der Waals surface area contributed by atoms with E-state index in [4.69, 9.17) is 4.74 Å². The lowest BCUT2D eigenvalue weighted by molar-refractivity contribution is 0.234. The maximum absolute atomic E-state index is 9.32. The van der Waals surface area contributed by atoms with Crippen LogP contribution in [-0.4, -0.2) is 18.8 Å². The predicted octanol–water partition coefficient (Wildman–Crippen LogP) is 2.05. The van der Waals surface area contributed by atoms with Gasteiger partial charge in [-0.2, -0.15) is 0 Å². The van der Waals surface area contributed by atoms with Gasteiger partial charge in [-0.3, -0.25) is 0 Å². The van der Waals surface area contributed by atoms with Crippen molar-refractivity contribution >= 4 is 6.08 Å². The molecule has 0 saturated heterocycles. The maximum Gasteiger partial charge on any atom is 0.122 e. The van der Waals surface area contributed by atoms with E-state index < -0.39 is 0 Å². The van der Waals surface area contributed by atoms with Crippen LogP contribution in [0.4, 0.5) is 0 Å². The highest BCUT2D eigenvalue weighted by atomic mass is 16.5. The first-order valence-corrected chi connectivity index (χ1v) is 3.78. The molecule has 0 heterocycles. The van der Waals surface area contributed by atoms with Crippen LogP contribution < -0.4 is 0 Å². The smallest absolute Gasteiger partial charge is 0.122 e. The summed E-state index contributed by atoms with van der Waals surface area (Å²) < 4.78 is 4.83. The molecule has 0 atom stereocenters. The first kappa shape index (κ1) is 8.81. The standard InChI is InChI=1S/C10H12O2/c1-12-8-4-6-9-5-2-3-7-10(9)11/h2-7,11H,8H2,1H3/b6-4+. The Labute approximate surface area is 72.1 Å². The molecule has 0 aliphatic rings. The van der Waals surface area contributed by atoms with Crippen molar-refractivity contribution in [1.29, 1.82) is 0 Å². The zero-order chi connectivity index (χ0) is 8.81. The lowest BCUT2D eigenvalue weighted by Gasteiger charge is -1.96. The Bertz CT molecular complexity index is 266. The van der Waals surface area contributed by atoms with Gasteiger partial charge in [-0.1, -0.05) is 30.4 Å². The second kappa shape index (κ2) is 4.57. The highest BCUT2D eigenvalue weighted by molar-refractivity contribution is 5.56. The summed E-state index contributed by atoms with van der Waals surface area (Å²) in [7, 11) is 1.63. The molecule has 0 saturated carbocycles. The monoisotopic (exact) mass is 164 g/mol. The molecule has 0 bridgehead atoms. The van der Waals surface area contributed by atoms with Crippen LogP contribution in [0.15, 0.2) is 30.3 Å². The van der Waals surface area contributed by atoms with Crippen molar-refractivity contribution in [2.75, 3.05) is 13.7 Å². The van der Waals surface area contributed by atoms with Gasteiger partial charge < -0.3 is 9.84 Å². The van der Waals surface area contributed by atoms with Crippen molar-refractivity contribution in [1.82, 2.24) is 0 Å². The van der Waals surface area contributed by atoms with Gasteiger partial charge in [0.1, 0.15) is 5.75 Å². The summed E-state index contributed by atoms with van der Waals surface area (Å²) in [5.74, 6) is 0.296. The third-order valence-corrected chi connectivity index (χ3v) is 1.50. The van der Waals surface area contributed by atoms with Crippen molar-refractivity contribution in [3.8, 4) is 5.75 Å². The number of phenols is 1. The first-order valence-electron chi connectivity index (χ1n) is 3.78. The number of hydrogen-bond acceptors (Lipinski definition) is 2. The highest BCUT2D eigenvalue weighted by Crippen LogP contribution is 2.16. The fourth-order valence-electron chi connectivity index (χ4n) is 0.900. The molecule has 0 aromatic heterocycles. The summed E-state index contributed by atoms with van der Waals surface area (Å²) in [6.07, 6.45) is 3.69. The first-order chi connectivity index (χ1) is 5.84. The maximum atomic E-state index is 9.32. The van der Waals surface area contributed by atoms with Gasteiger partial charge in [0.25, 0.3) is 0 Å². The average Bonchev–Trinajstić information content (AvgIpc) is 2.09. The Balaban J connectivity index is 2.68. The SMILES string of the molecule is COC/C=C/c1ccccc1O. The molecule has 1 aromatic carbocycles. The van der Waals surface area contributed by atoms with Crippen LogP contribution in [-0.2, 0) is 4.74 Å². The number of benzene rings is 1. The van der Waals surface area contributed by atoms with Crippen molar-refractivity contribution < 1.29 is 9.84 Å². The highest BCUT2D eigenvalue weighted by Gasteiger charge is 1.91. The van der Waals surface area contributed by atoms with Crippen LogP contribution in [0, 0.1) is 0 Å². The van der Waals surface area contributed by atoms with Crippen LogP contribution in [0.3, 0.4) is 0 Å². The van der Waals surface area contributed by atoms with E-state index in [9.17, 15) is 5.11 Å². The fraction of sp³-hybridized carbons (Fsp3) is 0.200. The van der Waals surface area contributed by atoms with Gasteiger partial charge in [0, 0.05) is 12.7 Å². The molecule has 12 heavy (non-hydrogen) atoms. The second-order valence-electron chi connectivity index (χ2n) is 2.42. The van der Waals surface area contributed by atoms with Crippen LogP contribution in [0.1, 0.15) is 5.56 Å². The lowest BCUT2D eigenvalue weighted by Crippen LogP contribution is -1.80. The van der Waals surface area contributed by atoms with Gasteiger partial charge in [-0.05, 0) is 6.07 Å². The quantitative estimate of drug-likeness (QED) is 0.740. The van der Waals surface area contributed by atoms with Crippen LogP contribution in [0.25, 0.3) is 6.08 Å². The molecule has 1 rings (SSSR count). The van der Waals surface area contributed by atoms with Crippen molar-refractivity contribution in [2.45, 2.75) is 0 Å². The summed E-state index contributed by atoms with van der Waals surface area (Å²) >= 11 is 0. The van der Waals surface area contributed by atoms with Crippen molar-refractivity contribution in [2.24, 2.45) is 0 Å². The molecule has 0 spiro atoms. The third kappa shape index (κ3) is 2.40. The molecule has 1 aromatic rings. The number of hydrogen-bond donors (Lipinski definition) is 1. The van der Waals surface area contributed by atoms with Gasteiger partial charge in [-0.25, -0.2) is 0 Å². The normalized spacial score (nSPS) is 10.8. The molecular weight excluding hydrogens is 152 g/mol. The Morgan fingerprint density at radius 1 is 1.42 bits per heavy atom. The molecule has 0 radical (unpaired) electrons. The molecule has 2 heteroatoms. The van der Waals surface area contributed by atoms with Crippen LogP contribution in [0.5, 0.6) is 5.75 Å². The predicted molar refractivity (Wildman–Crippen MR) is 49.0 cm³/mol. The minimum Gasteiger partial charge on any atom is -0.507 e. The van der Waals surface area contributed by atoms with Gasteiger partial charge in [0.2, 0.25) is 0 Å². The van der Waals surface area contributed by atoms with E-state index in [2.05, 4.69) is 0 Å². The van der Waals surface area contributed by atoms with Crippen molar-refractivity contribution in [3.05, 3.63) is 35.9 Å². The molecular formula is C10H12O2. The summed E-state index contributed by atoms with van der Waals surface area (Å²) in [5.41, 5.74) is 0.814. The summed E-state index contributed by atoms with van der Waals surface area (Å²) in [6.45, 7) is 0.564. The van der Waals surface area contributed by atoms with Gasteiger partial charge >= 0.3 is 0 Å². The fourth-order valence-corrected chi connectivity index (χ4v) is 0.900. The summed E-state index contributed by atoms with van der Waals surface area (Å²) in [4.78, 5) is 0. The van der Waals surface area contributed by atoms with E-state index in [-0.39, 0.29) is 0 Å². The average molecular weight is 164 g/mol. The molecule has 0 aliphatic carbocycles. The minimum atomic E-state index is 0.296. The summed E-state index contributed by atoms with van der Waals surface area (Å²) in [6, 6.07) is 7.18. The topological polar surface area (TPSA) is 29.5 Å². The van der Waals surface area contributed by atoms with Crippen LogP contribution in [0.2, 0.25) is 0 Å². The van der Waals surface area contributed by atoms with Gasteiger partial charge in [0.15, 0.2) is 0 Å². The van der Waals surface area contributed by atoms with E-state index in [0.717, 1.165) is 5.56 Å². The Hall–Kier alpha value is -1.28. The lowest BCUT2D eigenvalue weighted by atomic mass is 10.2. The number of para-hydroxylation sites is 1. The zero-order valence-corrected chi connectivity index (χ0v) is 7.03. The molecule has 0 aliphatic heterocycles. The Kier molecular flexibility index (Phi) is 3.35. The molecule has 64 valence electrons. The minimum absolute atomic E-state index is 0.296. The largest absolute Gasteiger partial charge is 0.507 e. The molecule has 0 unspecified atom stereocenters.